The van der Waals surface area contributed by atoms with Crippen molar-refractivity contribution in [3.05, 3.63) is 57.3 Å². The second-order valence-corrected chi connectivity index (χ2v) is 7.80. The van der Waals surface area contributed by atoms with Gasteiger partial charge in [0.05, 0.1) is 4.88 Å². The lowest BCUT2D eigenvalue weighted by Crippen LogP contribution is -2.27. The van der Waals surface area contributed by atoms with Crippen LogP contribution in [0.4, 0.5) is 5.69 Å². The molecular formula is C17H14BrN3O2S2. The summed E-state index contributed by atoms with van der Waals surface area (Å²) >= 11 is 6.36. The summed E-state index contributed by atoms with van der Waals surface area (Å²) in [7, 11) is 0. The lowest BCUT2D eigenvalue weighted by Gasteiger charge is -2.06. The lowest BCUT2D eigenvalue weighted by molar-refractivity contribution is -0.116. The molecular weight excluding hydrogens is 422 g/mol. The van der Waals surface area contributed by atoms with Crippen LogP contribution in [0.1, 0.15) is 16.9 Å². The van der Waals surface area contributed by atoms with E-state index < -0.39 is 0 Å². The molecule has 0 saturated heterocycles. The number of halogens is 1. The molecule has 25 heavy (non-hydrogen) atoms. The Kier molecular flexibility index (Phi) is 5.95. The zero-order valence-electron chi connectivity index (χ0n) is 13.0. The van der Waals surface area contributed by atoms with Crippen molar-refractivity contribution in [1.29, 1.82) is 0 Å². The highest BCUT2D eigenvalue weighted by Crippen LogP contribution is 2.27. The molecule has 2 amide bonds. The zero-order valence-corrected chi connectivity index (χ0v) is 16.2. The molecule has 0 saturated carbocycles. The van der Waals surface area contributed by atoms with Gasteiger partial charge in [0, 0.05) is 28.5 Å². The van der Waals surface area contributed by atoms with Gasteiger partial charge in [0.2, 0.25) is 5.91 Å². The second kappa shape index (κ2) is 8.37. The third-order valence-corrected chi connectivity index (χ3v) is 5.64. The lowest BCUT2D eigenvalue weighted by atomic mass is 10.3. The van der Waals surface area contributed by atoms with E-state index in [9.17, 15) is 9.59 Å². The highest BCUT2D eigenvalue weighted by molar-refractivity contribution is 9.10. The Labute approximate surface area is 161 Å². The molecule has 3 aromatic rings. The number of aromatic nitrogens is 1. The van der Waals surface area contributed by atoms with Gasteiger partial charge in [-0.3, -0.25) is 9.59 Å². The number of carbonyl (C=O) groups is 2. The minimum atomic E-state index is -0.268. The predicted octanol–water partition coefficient (Wildman–Crippen LogP) is 4.39. The summed E-state index contributed by atoms with van der Waals surface area (Å²) in [5.74, 6) is -0.421. The number of amides is 2. The number of benzene rings is 1. The normalized spacial score (nSPS) is 10.4. The van der Waals surface area contributed by atoms with Crippen LogP contribution in [0.5, 0.6) is 0 Å². The number of hydrogen-bond donors (Lipinski definition) is 2. The summed E-state index contributed by atoms with van der Waals surface area (Å²) < 4.78 is 0.947. The van der Waals surface area contributed by atoms with Crippen LogP contribution < -0.4 is 10.6 Å². The highest BCUT2D eigenvalue weighted by atomic mass is 79.9. The van der Waals surface area contributed by atoms with E-state index in [1.807, 2.05) is 41.8 Å². The summed E-state index contributed by atoms with van der Waals surface area (Å²) in [4.78, 5) is 29.4. The van der Waals surface area contributed by atoms with Crippen molar-refractivity contribution in [3.8, 4) is 9.88 Å². The van der Waals surface area contributed by atoms with Gasteiger partial charge in [-0.2, -0.15) is 0 Å². The monoisotopic (exact) mass is 435 g/mol. The molecule has 0 aliphatic rings. The van der Waals surface area contributed by atoms with E-state index in [2.05, 4.69) is 31.5 Å². The number of thiophene rings is 1. The second-order valence-electron chi connectivity index (χ2n) is 5.08. The van der Waals surface area contributed by atoms with E-state index >= 15 is 0 Å². The molecule has 0 aliphatic carbocycles. The molecule has 0 unspecified atom stereocenters. The molecule has 2 aromatic heterocycles. The van der Waals surface area contributed by atoms with Crippen molar-refractivity contribution in [1.82, 2.24) is 10.3 Å². The van der Waals surface area contributed by atoms with Crippen LogP contribution in [0.3, 0.4) is 0 Å². The SMILES string of the molecule is O=C(CCNC(=O)c1csc(-c2cccs2)n1)Nc1ccc(Br)cc1. The maximum atomic E-state index is 12.1. The zero-order chi connectivity index (χ0) is 17.6. The van der Waals surface area contributed by atoms with Gasteiger partial charge in [0.15, 0.2) is 0 Å². The first-order chi connectivity index (χ1) is 12.1. The molecule has 2 heterocycles. The predicted molar refractivity (Wildman–Crippen MR) is 105 cm³/mol. The van der Waals surface area contributed by atoms with Crippen molar-refractivity contribution in [2.24, 2.45) is 0 Å². The maximum Gasteiger partial charge on any atom is 0.270 e. The van der Waals surface area contributed by atoms with Crippen LogP contribution >= 0.6 is 38.6 Å². The van der Waals surface area contributed by atoms with Gasteiger partial charge < -0.3 is 10.6 Å². The molecule has 0 aliphatic heterocycles. The first-order valence-electron chi connectivity index (χ1n) is 7.45. The molecule has 0 radical (unpaired) electrons. The number of thiazole rings is 1. The third-order valence-electron chi connectivity index (χ3n) is 3.23. The molecule has 0 spiro atoms. The minimum Gasteiger partial charge on any atom is -0.350 e. The van der Waals surface area contributed by atoms with Crippen LogP contribution in [0.2, 0.25) is 0 Å². The fourth-order valence-electron chi connectivity index (χ4n) is 2.03. The third kappa shape index (κ3) is 4.97. The summed E-state index contributed by atoms with van der Waals surface area (Å²) in [6.45, 7) is 0.257. The average Bonchev–Trinajstić information content (AvgIpc) is 3.28. The van der Waals surface area contributed by atoms with E-state index in [-0.39, 0.29) is 24.8 Å². The van der Waals surface area contributed by atoms with Gasteiger partial charge >= 0.3 is 0 Å². The minimum absolute atomic E-state index is 0.153. The van der Waals surface area contributed by atoms with Crippen molar-refractivity contribution >= 4 is 56.1 Å². The van der Waals surface area contributed by atoms with Gasteiger partial charge in [-0.15, -0.1) is 22.7 Å². The van der Waals surface area contributed by atoms with Crippen LogP contribution in [0.15, 0.2) is 51.6 Å². The number of carbonyl (C=O) groups excluding carboxylic acids is 2. The van der Waals surface area contributed by atoms with Crippen molar-refractivity contribution in [3.63, 3.8) is 0 Å². The van der Waals surface area contributed by atoms with Crippen LogP contribution in [-0.2, 0) is 4.79 Å². The fourth-order valence-corrected chi connectivity index (χ4v) is 3.91. The van der Waals surface area contributed by atoms with Crippen LogP contribution in [-0.4, -0.2) is 23.3 Å². The highest BCUT2D eigenvalue weighted by Gasteiger charge is 2.12. The van der Waals surface area contributed by atoms with E-state index in [0.29, 0.717) is 5.69 Å². The largest absolute Gasteiger partial charge is 0.350 e. The Morgan fingerprint density at radius 1 is 1.12 bits per heavy atom. The van der Waals surface area contributed by atoms with E-state index in [1.165, 1.54) is 11.3 Å². The molecule has 5 nitrogen and oxygen atoms in total. The summed E-state index contributed by atoms with van der Waals surface area (Å²) in [6, 6.07) is 11.2. The molecule has 1 aromatic carbocycles. The van der Waals surface area contributed by atoms with Gasteiger partial charge in [-0.1, -0.05) is 22.0 Å². The molecule has 2 N–H and O–H groups in total. The average molecular weight is 436 g/mol. The molecule has 128 valence electrons. The van der Waals surface area contributed by atoms with E-state index in [4.69, 9.17) is 0 Å². The topological polar surface area (TPSA) is 71.1 Å². The van der Waals surface area contributed by atoms with Gasteiger partial charge in [0.25, 0.3) is 5.91 Å². The summed E-state index contributed by atoms with van der Waals surface area (Å²) in [5, 5.41) is 10.0. The summed E-state index contributed by atoms with van der Waals surface area (Å²) in [6.07, 6.45) is 0.198. The van der Waals surface area contributed by atoms with Crippen molar-refractivity contribution in [2.45, 2.75) is 6.42 Å². The summed E-state index contributed by atoms with van der Waals surface area (Å²) in [5.41, 5.74) is 1.10. The first-order valence-corrected chi connectivity index (χ1v) is 10.00. The van der Waals surface area contributed by atoms with Crippen molar-refractivity contribution < 1.29 is 9.59 Å². The van der Waals surface area contributed by atoms with Gasteiger partial charge in [-0.05, 0) is 35.7 Å². The van der Waals surface area contributed by atoms with Crippen LogP contribution in [0, 0.1) is 0 Å². The number of anilines is 1. The Bertz CT molecular complexity index is 860. The molecule has 3 rings (SSSR count). The van der Waals surface area contributed by atoms with E-state index in [1.54, 1.807) is 16.7 Å². The number of nitrogens with zero attached hydrogens (tertiary/aromatic N) is 1. The Morgan fingerprint density at radius 3 is 2.64 bits per heavy atom. The van der Waals surface area contributed by atoms with Gasteiger partial charge in [-0.25, -0.2) is 4.98 Å². The van der Waals surface area contributed by atoms with Crippen LogP contribution in [0.25, 0.3) is 9.88 Å². The van der Waals surface area contributed by atoms with E-state index in [0.717, 1.165) is 20.0 Å². The molecule has 0 bridgehead atoms. The Morgan fingerprint density at radius 2 is 1.92 bits per heavy atom. The Balaban J connectivity index is 1.46. The number of hydrogen-bond acceptors (Lipinski definition) is 5. The molecule has 0 fully saturated rings. The maximum absolute atomic E-state index is 12.1. The van der Waals surface area contributed by atoms with Crippen molar-refractivity contribution in [2.75, 3.05) is 11.9 Å². The molecule has 0 atom stereocenters. The quantitative estimate of drug-likeness (QED) is 0.602. The molecule has 8 heteroatoms. The first kappa shape index (κ1) is 17.8. The standard InChI is InChI=1S/C17H14BrN3O2S2/c18-11-3-5-12(6-4-11)20-15(22)7-8-19-16(23)13-10-25-17(21-13)14-2-1-9-24-14/h1-6,9-10H,7-8H2,(H,19,23)(H,20,22). The fraction of sp³-hybridized carbons (Fsp3) is 0.118. The number of rotatable bonds is 6. The Hall–Kier alpha value is -2.03. The number of nitrogens with one attached hydrogen (secondary N) is 2. The smallest absolute Gasteiger partial charge is 0.270 e. The van der Waals surface area contributed by atoms with Gasteiger partial charge in [0.1, 0.15) is 10.7 Å².